The molecule has 0 heterocycles. The van der Waals surface area contributed by atoms with Crippen LogP contribution in [0, 0.1) is 5.92 Å². The van der Waals surface area contributed by atoms with Crippen LogP contribution in [0.15, 0.2) is 77.3 Å². The molecule has 3 rings (SSSR count). The van der Waals surface area contributed by atoms with Crippen molar-refractivity contribution < 1.29 is 9.59 Å². The average Bonchev–Trinajstić information content (AvgIpc) is 2.84. The predicted molar refractivity (Wildman–Crippen MR) is 147 cm³/mol. The summed E-state index contributed by atoms with van der Waals surface area (Å²) in [6, 6.07) is 22.0. The van der Waals surface area contributed by atoms with Crippen molar-refractivity contribution in [3.05, 3.63) is 104 Å². The third kappa shape index (κ3) is 8.38. The Morgan fingerprint density at radius 3 is 2.17 bits per heavy atom. The Labute approximate surface area is 225 Å². The van der Waals surface area contributed by atoms with Crippen molar-refractivity contribution in [2.45, 2.75) is 39.3 Å². The van der Waals surface area contributed by atoms with Gasteiger partial charge in [-0.3, -0.25) is 9.59 Å². The number of rotatable bonds is 10. The smallest absolute Gasteiger partial charge is 0.243 e. The summed E-state index contributed by atoms with van der Waals surface area (Å²) in [6.07, 6.45) is 0.518. The number of halogens is 3. The molecule has 0 aliphatic heterocycles. The van der Waals surface area contributed by atoms with E-state index in [0.717, 1.165) is 21.2 Å². The van der Waals surface area contributed by atoms with Gasteiger partial charge in [-0.15, -0.1) is 0 Å². The van der Waals surface area contributed by atoms with Crippen molar-refractivity contribution in [3.8, 4) is 0 Å². The Bertz CT molecular complexity index is 1140. The second kappa shape index (κ2) is 13.1. The lowest BCUT2D eigenvalue weighted by Gasteiger charge is -2.32. The molecule has 7 heteroatoms. The van der Waals surface area contributed by atoms with Crippen LogP contribution in [0.1, 0.15) is 30.5 Å². The van der Waals surface area contributed by atoms with Crippen molar-refractivity contribution >= 4 is 50.9 Å². The molecule has 1 N–H and O–H groups in total. The van der Waals surface area contributed by atoms with Crippen LogP contribution in [0.2, 0.25) is 10.0 Å². The van der Waals surface area contributed by atoms with E-state index in [4.69, 9.17) is 23.2 Å². The van der Waals surface area contributed by atoms with E-state index in [1.54, 1.807) is 23.1 Å². The van der Waals surface area contributed by atoms with Gasteiger partial charge in [0, 0.05) is 24.0 Å². The highest BCUT2D eigenvalue weighted by Gasteiger charge is 2.30. The second-order valence-electron chi connectivity index (χ2n) is 8.92. The summed E-state index contributed by atoms with van der Waals surface area (Å²) >= 11 is 15.7. The van der Waals surface area contributed by atoms with Crippen molar-refractivity contribution in [1.82, 2.24) is 10.2 Å². The minimum absolute atomic E-state index is 0.107. The zero-order chi connectivity index (χ0) is 25.4. The summed E-state index contributed by atoms with van der Waals surface area (Å²) in [4.78, 5) is 28.8. The monoisotopic (exact) mass is 574 g/mol. The molecule has 0 aromatic heterocycles. The van der Waals surface area contributed by atoms with E-state index in [1.807, 2.05) is 68.4 Å². The second-order valence-corrected chi connectivity index (χ2v) is 10.6. The topological polar surface area (TPSA) is 49.4 Å². The average molecular weight is 576 g/mol. The third-order valence-electron chi connectivity index (χ3n) is 5.56. The molecule has 0 unspecified atom stereocenters. The Morgan fingerprint density at radius 2 is 1.54 bits per heavy atom. The fraction of sp³-hybridized carbons (Fsp3) is 0.286. The number of amides is 2. The van der Waals surface area contributed by atoms with Gasteiger partial charge < -0.3 is 10.2 Å². The summed E-state index contributed by atoms with van der Waals surface area (Å²) < 4.78 is 0.949. The molecule has 0 aliphatic rings. The molecule has 0 saturated heterocycles. The highest BCUT2D eigenvalue weighted by Crippen LogP contribution is 2.24. The van der Waals surface area contributed by atoms with Crippen LogP contribution in [0.4, 0.5) is 0 Å². The van der Waals surface area contributed by atoms with Crippen LogP contribution in [0.3, 0.4) is 0 Å². The van der Waals surface area contributed by atoms with Gasteiger partial charge in [0.25, 0.3) is 0 Å². The molecule has 4 nitrogen and oxygen atoms in total. The highest BCUT2D eigenvalue weighted by atomic mass is 79.9. The van der Waals surface area contributed by atoms with Crippen LogP contribution in [-0.4, -0.2) is 29.3 Å². The zero-order valence-corrected chi connectivity index (χ0v) is 22.9. The number of hydrogen-bond donors (Lipinski definition) is 1. The first-order valence-corrected chi connectivity index (χ1v) is 13.1. The lowest BCUT2D eigenvalue weighted by Crippen LogP contribution is -2.51. The third-order valence-corrected chi connectivity index (χ3v) is 6.83. The van der Waals surface area contributed by atoms with Crippen molar-refractivity contribution in [3.63, 3.8) is 0 Å². The molecule has 3 aromatic rings. The van der Waals surface area contributed by atoms with Gasteiger partial charge in [-0.2, -0.15) is 0 Å². The van der Waals surface area contributed by atoms with Crippen molar-refractivity contribution in [2.24, 2.45) is 5.92 Å². The minimum atomic E-state index is -0.671. The summed E-state index contributed by atoms with van der Waals surface area (Å²) in [6.45, 7) is 4.93. The van der Waals surface area contributed by atoms with Gasteiger partial charge in [0.2, 0.25) is 11.8 Å². The maximum absolute atomic E-state index is 13.7. The standard InChI is InChI=1S/C28H29BrCl2N2O2/c1-19(2)17-32-28(35)26(15-20-6-4-3-5-7-20)33(18-21-8-11-23(29)12-9-21)27(34)16-22-10-13-24(30)25(31)14-22/h3-14,19,26H,15-18H2,1-2H3,(H,32,35)/t26-/m0/s1. The van der Waals surface area contributed by atoms with Crippen LogP contribution < -0.4 is 5.32 Å². The van der Waals surface area contributed by atoms with E-state index in [2.05, 4.69) is 21.2 Å². The van der Waals surface area contributed by atoms with E-state index in [1.165, 1.54) is 0 Å². The fourth-order valence-corrected chi connectivity index (χ4v) is 4.27. The molecule has 0 bridgehead atoms. The van der Waals surface area contributed by atoms with Gasteiger partial charge in [0.15, 0.2) is 0 Å². The SMILES string of the molecule is CC(C)CNC(=O)[C@H](Cc1ccccc1)N(Cc1ccc(Br)cc1)C(=O)Cc1ccc(Cl)c(Cl)c1. The van der Waals surface area contributed by atoms with E-state index in [-0.39, 0.29) is 18.2 Å². The zero-order valence-electron chi connectivity index (χ0n) is 19.8. The molecular weight excluding hydrogens is 547 g/mol. The molecule has 184 valence electrons. The van der Waals surface area contributed by atoms with Gasteiger partial charge in [0.1, 0.15) is 6.04 Å². The van der Waals surface area contributed by atoms with Gasteiger partial charge in [-0.25, -0.2) is 0 Å². The minimum Gasteiger partial charge on any atom is -0.354 e. The largest absolute Gasteiger partial charge is 0.354 e. The number of carbonyl (C=O) groups is 2. The van der Waals surface area contributed by atoms with E-state index >= 15 is 0 Å². The maximum Gasteiger partial charge on any atom is 0.243 e. The molecule has 1 atom stereocenters. The normalized spacial score (nSPS) is 11.8. The Hall–Kier alpha value is -2.34. The summed E-state index contributed by atoms with van der Waals surface area (Å²) in [5.74, 6) is -0.0303. The van der Waals surface area contributed by atoms with Crippen LogP contribution in [-0.2, 0) is 29.0 Å². The fourth-order valence-electron chi connectivity index (χ4n) is 3.69. The molecule has 35 heavy (non-hydrogen) atoms. The van der Waals surface area contributed by atoms with Gasteiger partial charge in [0.05, 0.1) is 16.5 Å². The van der Waals surface area contributed by atoms with E-state index < -0.39 is 6.04 Å². The van der Waals surface area contributed by atoms with E-state index in [0.29, 0.717) is 35.5 Å². The summed E-state index contributed by atoms with van der Waals surface area (Å²) in [7, 11) is 0. The van der Waals surface area contributed by atoms with Crippen LogP contribution >= 0.6 is 39.1 Å². The number of nitrogens with one attached hydrogen (secondary N) is 1. The lowest BCUT2D eigenvalue weighted by atomic mass is 10.0. The Morgan fingerprint density at radius 1 is 0.886 bits per heavy atom. The summed E-state index contributed by atoms with van der Waals surface area (Å²) in [5.41, 5.74) is 2.66. The molecule has 0 spiro atoms. The van der Waals surface area contributed by atoms with Gasteiger partial charge >= 0.3 is 0 Å². The summed E-state index contributed by atoms with van der Waals surface area (Å²) in [5, 5.41) is 3.86. The van der Waals surface area contributed by atoms with E-state index in [9.17, 15) is 9.59 Å². The van der Waals surface area contributed by atoms with Crippen LogP contribution in [0.5, 0.6) is 0 Å². The van der Waals surface area contributed by atoms with Crippen molar-refractivity contribution in [1.29, 1.82) is 0 Å². The van der Waals surface area contributed by atoms with Crippen LogP contribution in [0.25, 0.3) is 0 Å². The van der Waals surface area contributed by atoms with Gasteiger partial charge in [-0.05, 0) is 46.9 Å². The Balaban J connectivity index is 1.95. The molecule has 2 amide bonds. The molecule has 0 radical (unpaired) electrons. The lowest BCUT2D eigenvalue weighted by molar-refractivity contribution is -0.140. The number of carbonyl (C=O) groups excluding carboxylic acids is 2. The predicted octanol–water partition coefficient (Wildman–Crippen LogP) is 6.71. The quantitative estimate of drug-likeness (QED) is 0.292. The number of nitrogens with zero attached hydrogens (tertiary/aromatic N) is 1. The molecule has 0 fully saturated rings. The molecular formula is C28H29BrCl2N2O2. The first kappa shape index (κ1) is 27.3. The van der Waals surface area contributed by atoms with Gasteiger partial charge in [-0.1, -0.05) is 102 Å². The molecule has 0 aliphatic carbocycles. The maximum atomic E-state index is 13.7. The highest BCUT2D eigenvalue weighted by molar-refractivity contribution is 9.10. The first-order valence-electron chi connectivity index (χ1n) is 11.5. The number of benzene rings is 3. The first-order chi connectivity index (χ1) is 16.7. The van der Waals surface area contributed by atoms with Crippen molar-refractivity contribution in [2.75, 3.05) is 6.54 Å². The molecule has 3 aromatic carbocycles. The number of hydrogen-bond acceptors (Lipinski definition) is 2. The Kier molecular flexibility index (Phi) is 10.2. The molecule has 0 saturated carbocycles.